The highest BCUT2D eigenvalue weighted by Crippen LogP contribution is 2.36. The zero-order chi connectivity index (χ0) is 8.60. The van der Waals surface area contributed by atoms with Gasteiger partial charge in [-0.3, -0.25) is 4.79 Å². The van der Waals surface area contributed by atoms with E-state index in [9.17, 15) is 4.79 Å². The Bertz CT molecular complexity index is 232. The third kappa shape index (κ3) is 1.02. The molecule has 0 aromatic rings. The predicted octanol–water partition coefficient (Wildman–Crippen LogP) is 1.70. The van der Waals surface area contributed by atoms with Crippen molar-refractivity contribution < 1.29 is 9.53 Å². The molecule has 1 fully saturated rings. The van der Waals surface area contributed by atoms with Gasteiger partial charge in [-0.05, 0) is 31.3 Å². The van der Waals surface area contributed by atoms with E-state index in [0.717, 1.165) is 19.3 Å². The molecule has 0 aromatic carbocycles. The predicted molar refractivity (Wildman–Crippen MR) is 45.8 cm³/mol. The van der Waals surface area contributed by atoms with Crippen molar-refractivity contribution in [2.45, 2.75) is 31.3 Å². The lowest BCUT2D eigenvalue weighted by molar-refractivity contribution is -0.135. The molecule has 0 spiro atoms. The highest BCUT2D eigenvalue weighted by Gasteiger charge is 2.40. The first-order valence-electron chi connectivity index (χ1n) is 4.55. The van der Waals surface area contributed by atoms with Crippen LogP contribution in [-0.4, -0.2) is 18.5 Å². The zero-order valence-electron chi connectivity index (χ0n) is 7.38. The van der Waals surface area contributed by atoms with E-state index in [0.29, 0.717) is 12.3 Å². The van der Waals surface area contributed by atoms with Crippen LogP contribution in [0, 0.1) is 5.92 Å². The second-order valence-corrected chi connectivity index (χ2v) is 3.71. The summed E-state index contributed by atoms with van der Waals surface area (Å²) in [6.45, 7) is 0. The molecule has 1 saturated carbocycles. The van der Waals surface area contributed by atoms with Crippen LogP contribution in [0.2, 0.25) is 0 Å². The smallest absolute Gasteiger partial charge is 0.168 e. The summed E-state index contributed by atoms with van der Waals surface area (Å²) in [6.07, 6.45) is 7.81. The topological polar surface area (TPSA) is 26.3 Å². The van der Waals surface area contributed by atoms with Gasteiger partial charge in [0.2, 0.25) is 0 Å². The SMILES string of the molecule is COC12C=CC(CCC1=O)CC2. The molecule has 3 rings (SSSR count). The molecule has 2 bridgehead atoms. The van der Waals surface area contributed by atoms with Gasteiger partial charge in [-0.2, -0.15) is 0 Å². The average molecular weight is 166 g/mol. The van der Waals surface area contributed by atoms with Gasteiger partial charge in [0.15, 0.2) is 5.78 Å². The Hall–Kier alpha value is -0.630. The van der Waals surface area contributed by atoms with E-state index in [2.05, 4.69) is 6.08 Å². The van der Waals surface area contributed by atoms with Gasteiger partial charge < -0.3 is 4.74 Å². The van der Waals surface area contributed by atoms with Crippen molar-refractivity contribution >= 4 is 5.78 Å². The van der Waals surface area contributed by atoms with Crippen LogP contribution in [-0.2, 0) is 9.53 Å². The van der Waals surface area contributed by atoms with E-state index in [1.54, 1.807) is 7.11 Å². The number of hydrogen-bond acceptors (Lipinski definition) is 2. The summed E-state index contributed by atoms with van der Waals surface area (Å²) in [7, 11) is 1.63. The minimum Gasteiger partial charge on any atom is -0.366 e. The maximum atomic E-state index is 11.6. The maximum Gasteiger partial charge on any atom is 0.168 e. The summed E-state index contributed by atoms with van der Waals surface area (Å²) in [5.41, 5.74) is -0.549. The number of carbonyl (C=O) groups is 1. The fourth-order valence-electron chi connectivity index (χ4n) is 2.16. The number of rotatable bonds is 1. The van der Waals surface area contributed by atoms with Crippen LogP contribution in [0.1, 0.15) is 25.7 Å². The molecular formula is C10H14O2. The monoisotopic (exact) mass is 166 g/mol. The summed E-state index contributed by atoms with van der Waals surface area (Å²) in [5, 5.41) is 0. The molecule has 2 unspecified atom stereocenters. The van der Waals surface area contributed by atoms with Crippen molar-refractivity contribution in [3.63, 3.8) is 0 Å². The Balaban J connectivity index is 2.34. The molecule has 12 heavy (non-hydrogen) atoms. The molecule has 0 saturated heterocycles. The first kappa shape index (κ1) is 7.99. The number of carbonyl (C=O) groups excluding carboxylic acids is 1. The zero-order valence-corrected chi connectivity index (χ0v) is 7.38. The number of ether oxygens (including phenoxy) is 1. The minimum absolute atomic E-state index is 0.265. The van der Waals surface area contributed by atoms with Gasteiger partial charge in [-0.15, -0.1) is 0 Å². The van der Waals surface area contributed by atoms with Crippen LogP contribution in [0.25, 0.3) is 0 Å². The number of ketones is 1. The van der Waals surface area contributed by atoms with E-state index >= 15 is 0 Å². The minimum atomic E-state index is -0.549. The van der Waals surface area contributed by atoms with Crippen LogP contribution in [0.15, 0.2) is 12.2 Å². The molecule has 3 aliphatic carbocycles. The van der Waals surface area contributed by atoms with E-state index in [4.69, 9.17) is 4.74 Å². The molecule has 0 amide bonds. The first-order valence-corrected chi connectivity index (χ1v) is 4.55. The molecule has 3 aliphatic rings. The molecule has 0 aromatic heterocycles. The van der Waals surface area contributed by atoms with Gasteiger partial charge in [0.05, 0.1) is 0 Å². The number of hydrogen-bond donors (Lipinski definition) is 0. The quantitative estimate of drug-likeness (QED) is 0.554. The Kier molecular flexibility index (Phi) is 1.80. The largest absolute Gasteiger partial charge is 0.366 e. The Morgan fingerprint density at radius 3 is 3.00 bits per heavy atom. The highest BCUT2D eigenvalue weighted by atomic mass is 16.5. The molecular weight excluding hydrogens is 152 g/mol. The Morgan fingerprint density at radius 2 is 2.42 bits per heavy atom. The number of allylic oxidation sites excluding steroid dienone is 1. The fourth-order valence-corrected chi connectivity index (χ4v) is 2.16. The molecule has 0 heterocycles. The Morgan fingerprint density at radius 1 is 1.58 bits per heavy atom. The van der Waals surface area contributed by atoms with E-state index in [1.165, 1.54) is 0 Å². The van der Waals surface area contributed by atoms with Crippen LogP contribution >= 0.6 is 0 Å². The van der Waals surface area contributed by atoms with Crippen molar-refractivity contribution in [1.29, 1.82) is 0 Å². The van der Waals surface area contributed by atoms with Gasteiger partial charge in [-0.1, -0.05) is 6.08 Å². The third-order valence-corrected chi connectivity index (χ3v) is 3.10. The normalized spacial score (nSPS) is 40.1. The van der Waals surface area contributed by atoms with Crippen LogP contribution in [0.4, 0.5) is 0 Å². The summed E-state index contributed by atoms with van der Waals surface area (Å²) in [6, 6.07) is 0. The summed E-state index contributed by atoms with van der Waals surface area (Å²) >= 11 is 0. The fraction of sp³-hybridized carbons (Fsp3) is 0.700. The van der Waals surface area contributed by atoms with Crippen LogP contribution in [0.5, 0.6) is 0 Å². The Labute approximate surface area is 72.6 Å². The van der Waals surface area contributed by atoms with Crippen LogP contribution in [0.3, 0.4) is 0 Å². The lowest BCUT2D eigenvalue weighted by Crippen LogP contribution is -2.38. The molecule has 0 aliphatic heterocycles. The standard InChI is InChI=1S/C10H14O2/c1-12-10-6-4-8(5-7-10)2-3-9(10)11/h4,6,8H,2-3,5,7H2,1H3. The second kappa shape index (κ2) is 2.70. The van der Waals surface area contributed by atoms with Gasteiger partial charge >= 0.3 is 0 Å². The van der Waals surface area contributed by atoms with Gasteiger partial charge in [0.1, 0.15) is 5.60 Å². The van der Waals surface area contributed by atoms with E-state index < -0.39 is 5.60 Å². The van der Waals surface area contributed by atoms with Crippen LogP contribution < -0.4 is 0 Å². The summed E-state index contributed by atoms with van der Waals surface area (Å²) in [5.74, 6) is 0.890. The van der Waals surface area contributed by atoms with Gasteiger partial charge in [0.25, 0.3) is 0 Å². The van der Waals surface area contributed by atoms with Crippen molar-refractivity contribution in [3.8, 4) is 0 Å². The lowest BCUT2D eigenvalue weighted by Gasteiger charge is -2.28. The number of Topliss-reactive ketones (excluding diaryl/α,β-unsaturated/α-hetero) is 1. The van der Waals surface area contributed by atoms with Crippen molar-refractivity contribution in [3.05, 3.63) is 12.2 Å². The number of methoxy groups -OCH3 is 1. The highest BCUT2D eigenvalue weighted by molar-refractivity contribution is 5.90. The summed E-state index contributed by atoms with van der Waals surface area (Å²) in [4.78, 5) is 11.6. The average Bonchev–Trinajstić information content (AvgIpc) is 2.37. The molecule has 0 radical (unpaired) electrons. The third-order valence-electron chi connectivity index (χ3n) is 3.10. The maximum absolute atomic E-state index is 11.6. The lowest BCUT2D eigenvalue weighted by atomic mass is 9.86. The first-order chi connectivity index (χ1) is 5.77. The summed E-state index contributed by atoms with van der Waals surface area (Å²) < 4.78 is 5.32. The molecule has 2 heteroatoms. The number of fused-ring (bicyclic) bond motifs is 3. The van der Waals surface area contributed by atoms with Gasteiger partial charge in [0, 0.05) is 13.5 Å². The van der Waals surface area contributed by atoms with Crippen molar-refractivity contribution in [2.75, 3.05) is 7.11 Å². The van der Waals surface area contributed by atoms with Crippen molar-refractivity contribution in [1.82, 2.24) is 0 Å². The van der Waals surface area contributed by atoms with E-state index in [-0.39, 0.29) is 5.78 Å². The van der Waals surface area contributed by atoms with Gasteiger partial charge in [-0.25, -0.2) is 0 Å². The van der Waals surface area contributed by atoms with E-state index in [1.807, 2.05) is 6.08 Å². The molecule has 66 valence electrons. The van der Waals surface area contributed by atoms with Crippen molar-refractivity contribution in [2.24, 2.45) is 5.92 Å². The molecule has 2 atom stereocenters. The second-order valence-electron chi connectivity index (χ2n) is 3.71. The molecule has 2 nitrogen and oxygen atoms in total. The molecule has 0 N–H and O–H groups in total.